The van der Waals surface area contributed by atoms with E-state index in [-0.39, 0.29) is 0 Å². The van der Waals surface area contributed by atoms with E-state index < -0.39 is 10.2 Å². The fourth-order valence-electron chi connectivity index (χ4n) is 2.14. The third kappa shape index (κ3) is 2.94. The Kier molecular flexibility index (Phi) is 5.17. The fourth-order valence-corrected chi connectivity index (χ4v) is 3.88. The molecule has 2 N–H and O–H groups in total. The Balaban J connectivity index is 2.75. The van der Waals surface area contributed by atoms with Crippen molar-refractivity contribution in [1.82, 2.24) is 8.61 Å². The lowest BCUT2D eigenvalue weighted by Gasteiger charge is -2.34. The highest BCUT2D eigenvalue weighted by molar-refractivity contribution is 7.86. The maximum atomic E-state index is 12.2. The highest BCUT2D eigenvalue weighted by Gasteiger charge is 2.31. The standard InChI is InChI=1S/C10H23N3O2S/c1-3-12(4-2)16(14,15)13-7-5-6-10(8-11)9-13/h10H,3-9,11H2,1-2H3. The zero-order valence-electron chi connectivity index (χ0n) is 10.2. The van der Waals surface area contributed by atoms with Crippen molar-refractivity contribution in [1.29, 1.82) is 0 Å². The summed E-state index contributed by atoms with van der Waals surface area (Å²) in [6.07, 6.45) is 1.96. The summed E-state index contributed by atoms with van der Waals surface area (Å²) in [4.78, 5) is 0. The van der Waals surface area contributed by atoms with Gasteiger partial charge in [-0.15, -0.1) is 0 Å². The van der Waals surface area contributed by atoms with Crippen molar-refractivity contribution in [3.63, 3.8) is 0 Å². The topological polar surface area (TPSA) is 66.6 Å². The molecule has 6 heteroatoms. The van der Waals surface area contributed by atoms with Crippen LogP contribution in [0.5, 0.6) is 0 Å². The van der Waals surface area contributed by atoms with Crippen LogP contribution in [0.3, 0.4) is 0 Å². The summed E-state index contributed by atoms with van der Waals surface area (Å²) in [5.74, 6) is 0.319. The van der Waals surface area contributed by atoms with E-state index in [9.17, 15) is 8.42 Å². The smallest absolute Gasteiger partial charge is 0.281 e. The molecular weight excluding hydrogens is 226 g/mol. The average molecular weight is 249 g/mol. The van der Waals surface area contributed by atoms with Crippen LogP contribution in [0.15, 0.2) is 0 Å². The molecule has 0 aromatic carbocycles. The number of piperidine rings is 1. The number of rotatable bonds is 5. The Morgan fingerprint density at radius 3 is 2.50 bits per heavy atom. The van der Waals surface area contributed by atoms with Crippen LogP contribution in [0.4, 0.5) is 0 Å². The molecule has 1 rings (SSSR count). The van der Waals surface area contributed by atoms with Crippen LogP contribution in [0.2, 0.25) is 0 Å². The molecule has 0 bridgehead atoms. The van der Waals surface area contributed by atoms with E-state index in [2.05, 4.69) is 0 Å². The Morgan fingerprint density at radius 1 is 1.38 bits per heavy atom. The summed E-state index contributed by atoms with van der Waals surface area (Å²) in [5.41, 5.74) is 5.61. The normalized spacial score (nSPS) is 23.9. The van der Waals surface area contributed by atoms with E-state index in [1.807, 2.05) is 13.8 Å². The van der Waals surface area contributed by atoms with Gasteiger partial charge in [0.15, 0.2) is 0 Å². The summed E-state index contributed by atoms with van der Waals surface area (Å²) in [7, 11) is -3.26. The first kappa shape index (κ1) is 13.9. The van der Waals surface area contributed by atoms with E-state index in [1.54, 1.807) is 4.31 Å². The van der Waals surface area contributed by atoms with Crippen molar-refractivity contribution in [2.24, 2.45) is 11.7 Å². The van der Waals surface area contributed by atoms with E-state index in [0.29, 0.717) is 38.6 Å². The van der Waals surface area contributed by atoms with E-state index in [4.69, 9.17) is 5.73 Å². The Morgan fingerprint density at radius 2 is 2.00 bits per heavy atom. The lowest BCUT2D eigenvalue weighted by molar-refractivity contribution is 0.253. The van der Waals surface area contributed by atoms with Crippen LogP contribution < -0.4 is 5.73 Å². The van der Waals surface area contributed by atoms with Gasteiger partial charge in [0.1, 0.15) is 0 Å². The molecule has 0 aromatic rings. The Bertz CT molecular complexity index is 301. The molecule has 16 heavy (non-hydrogen) atoms. The van der Waals surface area contributed by atoms with Gasteiger partial charge in [0.25, 0.3) is 10.2 Å². The fraction of sp³-hybridized carbons (Fsp3) is 1.00. The minimum absolute atomic E-state index is 0.319. The van der Waals surface area contributed by atoms with E-state index in [1.165, 1.54) is 4.31 Å². The number of nitrogens with two attached hydrogens (primary N) is 1. The number of hydrogen-bond acceptors (Lipinski definition) is 3. The molecule has 1 aliphatic rings. The van der Waals surface area contributed by atoms with Crippen molar-refractivity contribution in [3.05, 3.63) is 0 Å². The highest BCUT2D eigenvalue weighted by atomic mass is 32.2. The third-order valence-electron chi connectivity index (χ3n) is 3.17. The summed E-state index contributed by atoms with van der Waals surface area (Å²) in [6, 6.07) is 0. The zero-order chi connectivity index (χ0) is 12.2. The summed E-state index contributed by atoms with van der Waals surface area (Å²) in [5, 5.41) is 0. The van der Waals surface area contributed by atoms with Crippen LogP contribution >= 0.6 is 0 Å². The van der Waals surface area contributed by atoms with Crippen LogP contribution in [0, 0.1) is 5.92 Å². The SMILES string of the molecule is CCN(CC)S(=O)(=O)N1CCCC(CN)C1. The van der Waals surface area contributed by atoms with E-state index in [0.717, 1.165) is 12.8 Å². The zero-order valence-corrected chi connectivity index (χ0v) is 11.0. The van der Waals surface area contributed by atoms with Gasteiger partial charge in [-0.05, 0) is 25.3 Å². The summed E-state index contributed by atoms with van der Waals surface area (Å²) < 4.78 is 27.5. The van der Waals surface area contributed by atoms with Crippen molar-refractivity contribution in [3.8, 4) is 0 Å². The molecule has 0 aromatic heterocycles. The molecule has 0 radical (unpaired) electrons. The predicted octanol–water partition coefficient (Wildman–Crippen LogP) is 0.244. The molecule has 1 heterocycles. The van der Waals surface area contributed by atoms with Crippen molar-refractivity contribution >= 4 is 10.2 Å². The van der Waals surface area contributed by atoms with Crippen molar-refractivity contribution in [2.75, 3.05) is 32.7 Å². The van der Waals surface area contributed by atoms with Crippen LogP contribution in [-0.2, 0) is 10.2 Å². The monoisotopic (exact) mass is 249 g/mol. The molecule has 96 valence electrons. The van der Waals surface area contributed by atoms with Crippen LogP contribution in [0.1, 0.15) is 26.7 Å². The minimum atomic E-state index is -3.26. The maximum Gasteiger partial charge on any atom is 0.281 e. The van der Waals surface area contributed by atoms with Gasteiger partial charge in [0, 0.05) is 26.2 Å². The molecule has 1 atom stereocenters. The first-order chi connectivity index (χ1) is 7.56. The van der Waals surface area contributed by atoms with Gasteiger partial charge in [-0.2, -0.15) is 17.0 Å². The lowest BCUT2D eigenvalue weighted by Crippen LogP contribution is -2.48. The van der Waals surface area contributed by atoms with Crippen LogP contribution in [-0.4, -0.2) is 49.8 Å². The van der Waals surface area contributed by atoms with Gasteiger partial charge in [0.05, 0.1) is 0 Å². The predicted molar refractivity (Wildman–Crippen MR) is 65.2 cm³/mol. The second kappa shape index (κ2) is 5.95. The van der Waals surface area contributed by atoms with E-state index >= 15 is 0 Å². The first-order valence-corrected chi connectivity index (χ1v) is 7.41. The molecule has 1 unspecified atom stereocenters. The number of nitrogens with zero attached hydrogens (tertiary/aromatic N) is 2. The largest absolute Gasteiger partial charge is 0.330 e. The second-order valence-electron chi connectivity index (χ2n) is 4.19. The van der Waals surface area contributed by atoms with Gasteiger partial charge >= 0.3 is 0 Å². The molecular formula is C10H23N3O2S. The second-order valence-corrected chi connectivity index (χ2v) is 6.12. The molecule has 0 saturated carbocycles. The molecule has 0 aliphatic carbocycles. The molecule has 1 fully saturated rings. The Hall–Kier alpha value is -0.170. The number of hydrogen-bond donors (Lipinski definition) is 1. The van der Waals surface area contributed by atoms with Crippen molar-refractivity contribution in [2.45, 2.75) is 26.7 Å². The third-order valence-corrected chi connectivity index (χ3v) is 5.33. The summed E-state index contributed by atoms with van der Waals surface area (Å²) >= 11 is 0. The molecule has 0 spiro atoms. The average Bonchev–Trinajstić information content (AvgIpc) is 2.30. The minimum Gasteiger partial charge on any atom is -0.330 e. The van der Waals surface area contributed by atoms with Gasteiger partial charge in [-0.25, -0.2) is 0 Å². The molecule has 1 saturated heterocycles. The Labute approximate surface area is 98.8 Å². The quantitative estimate of drug-likeness (QED) is 0.759. The highest BCUT2D eigenvalue weighted by Crippen LogP contribution is 2.20. The molecule has 0 amide bonds. The first-order valence-electron chi connectivity index (χ1n) is 6.01. The lowest BCUT2D eigenvalue weighted by atomic mass is 10.0. The van der Waals surface area contributed by atoms with Gasteiger partial charge < -0.3 is 5.73 Å². The summed E-state index contributed by atoms with van der Waals surface area (Å²) in [6.45, 7) is 6.58. The molecule has 1 aliphatic heterocycles. The van der Waals surface area contributed by atoms with Gasteiger partial charge in [-0.1, -0.05) is 13.8 Å². The van der Waals surface area contributed by atoms with Gasteiger partial charge in [-0.3, -0.25) is 0 Å². The van der Waals surface area contributed by atoms with Crippen molar-refractivity contribution < 1.29 is 8.42 Å². The van der Waals surface area contributed by atoms with Crippen LogP contribution in [0.25, 0.3) is 0 Å². The van der Waals surface area contributed by atoms with Gasteiger partial charge in [0.2, 0.25) is 0 Å². The maximum absolute atomic E-state index is 12.2. The molecule has 5 nitrogen and oxygen atoms in total.